The Labute approximate surface area is 171 Å². The molecule has 29 heavy (non-hydrogen) atoms. The first-order valence-electron chi connectivity index (χ1n) is 11.3. The Morgan fingerprint density at radius 1 is 1.14 bits per heavy atom. The summed E-state index contributed by atoms with van der Waals surface area (Å²) in [5.41, 5.74) is 3.07. The van der Waals surface area contributed by atoms with Crippen LogP contribution in [0.15, 0.2) is 24.3 Å². The minimum absolute atomic E-state index is 0.141. The number of aryl methyl sites for hydroxylation is 1. The number of carbonyl (C=O) groups is 1. The van der Waals surface area contributed by atoms with Gasteiger partial charge >= 0.3 is 0 Å². The predicted octanol–water partition coefficient (Wildman–Crippen LogP) is 2.38. The molecular formula is C23H29N5O. The van der Waals surface area contributed by atoms with Crippen molar-refractivity contribution >= 4 is 5.91 Å². The molecule has 152 valence electrons. The maximum atomic E-state index is 13.4. The zero-order valence-corrected chi connectivity index (χ0v) is 16.9. The highest BCUT2D eigenvalue weighted by Gasteiger charge is 2.60. The molecule has 1 aromatic heterocycles. The van der Waals surface area contributed by atoms with E-state index in [1.54, 1.807) is 0 Å². The van der Waals surface area contributed by atoms with Crippen LogP contribution in [0.4, 0.5) is 0 Å². The molecule has 1 amide bonds. The molecule has 2 aliphatic carbocycles. The number of hydrogen-bond donors (Lipinski definition) is 1. The Morgan fingerprint density at radius 2 is 2.00 bits per heavy atom. The summed E-state index contributed by atoms with van der Waals surface area (Å²) >= 11 is 0. The van der Waals surface area contributed by atoms with Gasteiger partial charge in [0.25, 0.3) is 0 Å². The van der Waals surface area contributed by atoms with Crippen LogP contribution in [0.2, 0.25) is 0 Å². The van der Waals surface area contributed by atoms with Crippen molar-refractivity contribution in [3.05, 3.63) is 47.0 Å². The van der Waals surface area contributed by atoms with Crippen LogP contribution in [-0.2, 0) is 29.7 Å². The second-order valence-corrected chi connectivity index (χ2v) is 9.33. The minimum Gasteiger partial charge on any atom is -0.342 e. The van der Waals surface area contributed by atoms with E-state index in [0.29, 0.717) is 11.8 Å². The molecule has 2 aliphatic heterocycles. The second kappa shape index (κ2) is 6.66. The van der Waals surface area contributed by atoms with E-state index in [9.17, 15) is 4.79 Å². The van der Waals surface area contributed by atoms with Crippen molar-refractivity contribution in [2.75, 3.05) is 19.6 Å². The number of amides is 1. The van der Waals surface area contributed by atoms with Crippen LogP contribution < -0.4 is 5.32 Å². The average Bonchev–Trinajstić information content (AvgIpc) is 3.32. The highest BCUT2D eigenvalue weighted by Crippen LogP contribution is 2.61. The van der Waals surface area contributed by atoms with Crippen LogP contribution in [0.1, 0.15) is 60.8 Å². The number of likely N-dealkylation sites (tertiary alicyclic amines) is 1. The maximum absolute atomic E-state index is 13.4. The van der Waals surface area contributed by atoms with Crippen LogP contribution in [-0.4, -0.2) is 45.2 Å². The van der Waals surface area contributed by atoms with Crippen molar-refractivity contribution in [3.8, 4) is 0 Å². The first-order valence-corrected chi connectivity index (χ1v) is 11.3. The SMILES string of the molecule is O=C(C1CC12CCCc1ccccc12)N1CCC(c2nnc3n2CCNC3)CC1. The van der Waals surface area contributed by atoms with E-state index < -0.39 is 0 Å². The number of nitrogens with zero attached hydrogens (tertiary/aromatic N) is 4. The van der Waals surface area contributed by atoms with Crippen LogP contribution in [0.25, 0.3) is 0 Å². The van der Waals surface area contributed by atoms with E-state index in [2.05, 4.69) is 49.2 Å². The lowest BCUT2D eigenvalue weighted by atomic mass is 9.78. The predicted molar refractivity (Wildman–Crippen MR) is 109 cm³/mol. The number of rotatable bonds is 2. The van der Waals surface area contributed by atoms with Crippen molar-refractivity contribution in [1.82, 2.24) is 25.0 Å². The quantitative estimate of drug-likeness (QED) is 0.854. The molecule has 1 saturated heterocycles. The van der Waals surface area contributed by atoms with Crippen molar-refractivity contribution < 1.29 is 4.79 Å². The van der Waals surface area contributed by atoms with Gasteiger partial charge in [-0.25, -0.2) is 0 Å². The van der Waals surface area contributed by atoms with E-state index in [-0.39, 0.29) is 11.3 Å². The summed E-state index contributed by atoms with van der Waals surface area (Å²) in [4.78, 5) is 15.5. The number of benzene rings is 1. The topological polar surface area (TPSA) is 63.1 Å². The number of aromatic nitrogens is 3. The summed E-state index contributed by atoms with van der Waals surface area (Å²) in [5.74, 6) is 3.22. The molecule has 6 rings (SSSR count). The fourth-order valence-electron chi connectivity index (χ4n) is 6.15. The highest BCUT2D eigenvalue weighted by atomic mass is 16.2. The van der Waals surface area contributed by atoms with Gasteiger partial charge in [0, 0.05) is 43.4 Å². The molecule has 1 spiro atoms. The van der Waals surface area contributed by atoms with E-state index in [1.807, 2.05) is 0 Å². The molecule has 2 fully saturated rings. The molecule has 1 saturated carbocycles. The number of nitrogens with one attached hydrogen (secondary N) is 1. The van der Waals surface area contributed by atoms with Gasteiger partial charge in [-0.3, -0.25) is 4.79 Å². The number of carbonyl (C=O) groups excluding carboxylic acids is 1. The molecule has 3 heterocycles. The zero-order chi connectivity index (χ0) is 19.4. The molecule has 1 N–H and O–H groups in total. The van der Waals surface area contributed by atoms with Gasteiger partial charge in [0.05, 0.1) is 6.54 Å². The molecule has 4 aliphatic rings. The van der Waals surface area contributed by atoms with Gasteiger partial charge < -0.3 is 14.8 Å². The Morgan fingerprint density at radius 3 is 2.90 bits per heavy atom. The third kappa shape index (κ3) is 2.75. The van der Waals surface area contributed by atoms with Gasteiger partial charge in [-0.2, -0.15) is 0 Å². The third-order valence-electron chi connectivity index (χ3n) is 7.82. The normalized spacial score (nSPS) is 28.8. The monoisotopic (exact) mass is 391 g/mol. The Hall–Kier alpha value is -2.21. The van der Waals surface area contributed by atoms with Crippen molar-refractivity contribution in [2.45, 2.75) is 62.9 Å². The smallest absolute Gasteiger partial charge is 0.226 e. The Kier molecular flexibility index (Phi) is 4.05. The molecule has 2 aromatic rings. The van der Waals surface area contributed by atoms with Crippen molar-refractivity contribution in [3.63, 3.8) is 0 Å². The number of piperidine rings is 1. The van der Waals surface area contributed by atoms with E-state index in [1.165, 1.54) is 30.4 Å². The number of hydrogen-bond acceptors (Lipinski definition) is 4. The summed E-state index contributed by atoms with van der Waals surface area (Å²) in [6.07, 6.45) is 6.63. The minimum atomic E-state index is 0.141. The highest BCUT2D eigenvalue weighted by molar-refractivity contribution is 5.85. The van der Waals surface area contributed by atoms with Gasteiger partial charge in [-0.05, 0) is 49.7 Å². The van der Waals surface area contributed by atoms with E-state index in [0.717, 1.165) is 63.6 Å². The van der Waals surface area contributed by atoms with E-state index >= 15 is 0 Å². The van der Waals surface area contributed by atoms with Crippen LogP contribution in [0.3, 0.4) is 0 Å². The lowest BCUT2D eigenvalue weighted by Gasteiger charge is -2.33. The van der Waals surface area contributed by atoms with Crippen LogP contribution in [0, 0.1) is 5.92 Å². The van der Waals surface area contributed by atoms with Gasteiger partial charge in [0.2, 0.25) is 5.91 Å². The lowest BCUT2D eigenvalue weighted by Crippen LogP contribution is -2.41. The van der Waals surface area contributed by atoms with E-state index in [4.69, 9.17) is 0 Å². The molecule has 0 radical (unpaired) electrons. The van der Waals surface area contributed by atoms with Gasteiger partial charge in [-0.1, -0.05) is 24.3 Å². The molecule has 1 aromatic carbocycles. The first kappa shape index (κ1) is 17.6. The fraction of sp³-hybridized carbons (Fsp3) is 0.609. The molecule has 0 bridgehead atoms. The van der Waals surface area contributed by atoms with Crippen LogP contribution in [0.5, 0.6) is 0 Å². The molecule has 2 atom stereocenters. The third-order valence-corrected chi connectivity index (χ3v) is 7.82. The van der Waals surface area contributed by atoms with Crippen molar-refractivity contribution in [1.29, 1.82) is 0 Å². The zero-order valence-electron chi connectivity index (χ0n) is 16.9. The molecular weight excluding hydrogens is 362 g/mol. The molecule has 6 heteroatoms. The van der Waals surface area contributed by atoms with Gasteiger partial charge in [0.1, 0.15) is 11.6 Å². The molecule has 2 unspecified atom stereocenters. The van der Waals surface area contributed by atoms with Crippen molar-refractivity contribution in [2.24, 2.45) is 5.92 Å². The summed E-state index contributed by atoms with van der Waals surface area (Å²) in [7, 11) is 0. The fourth-order valence-corrected chi connectivity index (χ4v) is 6.15. The standard InChI is InChI=1S/C23H29N5O/c29-22(19-14-23(19)9-3-5-16-4-1-2-6-18(16)23)27-11-7-17(8-12-27)21-26-25-20-15-24-10-13-28(20)21/h1-2,4,6,17,19,24H,3,5,7-15H2. The summed E-state index contributed by atoms with van der Waals surface area (Å²) in [5, 5.41) is 12.2. The Bertz CT molecular complexity index is 944. The summed E-state index contributed by atoms with van der Waals surface area (Å²) < 4.78 is 2.30. The Balaban J connectivity index is 1.14. The molecule has 6 nitrogen and oxygen atoms in total. The maximum Gasteiger partial charge on any atom is 0.226 e. The van der Waals surface area contributed by atoms with Crippen LogP contribution >= 0.6 is 0 Å². The largest absolute Gasteiger partial charge is 0.342 e. The average molecular weight is 392 g/mol. The van der Waals surface area contributed by atoms with Gasteiger partial charge in [0.15, 0.2) is 0 Å². The van der Waals surface area contributed by atoms with Gasteiger partial charge in [-0.15, -0.1) is 10.2 Å². The lowest BCUT2D eigenvalue weighted by molar-refractivity contribution is -0.134. The summed E-state index contributed by atoms with van der Waals surface area (Å²) in [6, 6.07) is 8.82. The summed E-state index contributed by atoms with van der Waals surface area (Å²) in [6.45, 7) is 4.48. The second-order valence-electron chi connectivity index (χ2n) is 9.33. The number of fused-ring (bicyclic) bond motifs is 3. The first-order chi connectivity index (χ1) is 14.3.